The van der Waals surface area contributed by atoms with Gasteiger partial charge in [-0.2, -0.15) is 0 Å². The van der Waals surface area contributed by atoms with Gasteiger partial charge in [-0.3, -0.25) is 0 Å². The van der Waals surface area contributed by atoms with Crippen molar-refractivity contribution in [1.29, 1.82) is 0 Å². The zero-order chi connectivity index (χ0) is 10.1. The Labute approximate surface area is 87.2 Å². The predicted octanol–water partition coefficient (Wildman–Crippen LogP) is 2.46. The standard InChI is InChI=1S/C10H10ClNO2/c1-7-2-3-9(8(11)6-7)14-10(13)12-4-5-12/h2-3,6H,4-5H2,1H3. The highest BCUT2D eigenvalue weighted by Gasteiger charge is 2.26. The van der Waals surface area contributed by atoms with E-state index in [0.29, 0.717) is 10.8 Å². The first-order chi connectivity index (χ1) is 6.66. The van der Waals surface area contributed by atoms with Crippen LogP contribution in [0, 0.1) is 6.92 Å². The molecule has 3 nitrogen and oxygen atoms in total. The van der Waals surface area contributed by atoms with Crippen molar-refractivity contribution in [2.45, 2.75) is 6.92 Å². The molecule has 0 aliphatic carbocycles. The summed E-state index contributed by atoms with van der Waals surface area (Å²) in [5.74, 6) is 0.425. The van der Waals surface area contributed by atoms with E-state index in [2.05, 4.69) is 0 Å². The Kier molecular flexibility index (Phi) is 2.33. The van der Waals surface area contributed by atoms with Gasteiger partial charge in [-0.25, -0.2) is 4.79 Å². The van der Waals surface area contributed by atoms with Crippen LogP contribution in [-0.4, -0.2) is 24.1 Å². The van der Waals surface area contributed by atoms with Crippen molar-refractivity contribution in [3.05, 3.63) is 28.8 Å². The van der Waals surface area contributed by atoms with Crippen molar-refractivity contribution in [1.82, 2.24) is 4.90 Å². The minimum absolute atomic E-state index is 0.323. The highest BCUT2D eigenvalue weighted by Crippen LogP contribution is 2.26. The van der Waals surface area contributed by atoms with E-state index in [1.807, 2.05) is 13.0 Å². The predicted molar refractivity (Wildman–Crippen MR) is 53.8 cm³/mol. The first-order valence-electron chi connectivity index (χ1n) is 4.40. The van der Waals surface area contributed by atoms with Gasteiger partial charge in [-0.15, -0.1) is 0 Å². The molecule has 0 bridgehead atoms. The number of carbonyl (C=O) groups is 1. The third kappa shape index (κ3) is 1.99. The number of amides is 1. The van der Waals surface area contributed by atoms with Crippen molar-refractivity contribution >= 4 is 17.7 Å². The average molecular weight is 212 g/mol. The molecule has 1 saturated heterocycles. The molecular formula is C10H10ClNO2. The van der Waals surface area contributed by atoms with Crippen LogP contribution < -0.4 is 4.74 Å². The maximum atomic E-state index is 11.3. The van der Waals surface area contributed by atoms with E-state index < -0.39 is 0 Å². The Morgan fingerprint density at radius 1 is 1.50 bits per heavy atom. The average Bonchev–Trinajstić information content (AvgIpc) is 2.92. The number of aryl methyl sites for hydroxylation is 1. The molecule has 1 aliphatic rings. The van der Waals surface area contributed by atoms with Gasteiger partial charge in [0.25, 0.3) is 0 Å². The molecule has 14 heavy (non-hydrogen) atoms. The zero-order valence-electron chi connectivity index (χ0n) is 7.79. The van der Waals surface area contributed by atoms with Gasteiger partial charge in [0.05, 0.1) is 5.02 Å². The van der Waals surface area contributed by atoms with Gasteiger partial charge < -0.3 is 9.64 Å². The maximum absolute atomic E-state index is 11.3. The first kappa shape index (κ1) is 9.34. The number of hydrogen-bond acceptors (Lipinski definition) is 2. The van der Waals surface area contributed by atoms with Crippen LogP contribution in [0.4, 0.5) is 4.79 Å². The molecule has 2 rings (SSSR count). The highest BCUT2D eigenvalue weighted by molar-refractivity contribution is 6.32. The molecule has 4 heteroatoms. The molecule has 0 radical (unpaired) electrons. The van der Waals surface area contributed by atoms with Crippen LogP contribution in [0.2, 0.25) is 5.02 Å². The SMILES string of the molecule is Cc1ccc(OC(=O)N2CC2)c(Cl)c1. The third-order valence-corrected chi connectivity index (χ3v) is 2.29. The van der Waals surface area contributed by atoms with Crippen LogP contribution in [0.5, 0.6) is 5.75 Å². The fourth-order valence-corrected chi connectivity index (χ4v) is 1.35. The Hall–Kier alpha value is -1.22. The van der Waals surface area contributed by atoms with Gasteiger partial charge in [-0.05, 0) is 24.6 Å². The van der Waals surface area contributed by atoms with E-state index in [1.165, 1.54) is 0 Å². The number of nitrogens with zero attached hydrogens (tertiary/aromatic N) is 1. The number of benzene rings is 1. The highest BCUT2D eigenvalue weighted by atomic mass is 35.5. The number of carbonyl (C=O) groups excluding carboxylic acids is 1. The number of hydrogen-bond donors (Lipinski definition) is 0. The third-order valence-electron chi connectivity index (χ3n) is 1.99. The lowest BCUT2D eigenvalue weighted by Crippen LogP contribution is -2.15. The fourth-order valence-electron chi connectivity index (χ4n) is 1.08. The summed E-state index contributed by atoms with van der Waals surface area (Å²) in [5, 5.41) is 0.472. The molecule has 0 saturated carbocycles. The van der Waals surface area contributed by atoms with E-state index in [9.17, 15) is 4.79 Å². The topological polar surface area (TPSA) is 29.3 Å². The van der Waals surface area contributed by atoms with E-state index in [1.54, 1.807) is 17.0 Å². The largest absolute Gasteiger partial charge is 0.415 e. The normalized spacial score (nSPS) is 14.0. The summed E-state index contributed by atoms with van der Waals surface area (Å²) in [7, 11) is 0. The minimum Gasteiger partial charge on any atom is -0.409 e. The van der Waals surface area contributed by atoms with Crippen LogP contribution in [-0.2, 0) is 0 Å². The van der Waals surface area contributed by atoms with Gasteiger partial charge in [-0.1, -0.05) is 17.7 Å². The second kappa shape index (κ2) is 3.50. The number of rotatable bonds is 1. The Bertz CT molecular complexity index is 374. The van der Waals surface area contributed by atoms with Gasteiger partial charge in [0.2, 0.25) is 0 Å². The van der Waals surface area contributed by atoms with Crippen molar-refractivity contribution < 1.29 is 9.53 Å². The van der Waals surface area contributed by atoms with Gasteiger partial charge >= 0.3 is 6.09 Å². The summed E-state index contributed by atoms with van der Waals surface area (Å²) >= 11 is 5.90. The van der Waals surface area contributed by atoms with Crippen LogP contribution in [0.3, 0.4) is 0 Å². The molecule has 1 aliphatic heterocycles. The molecule has 0 unspecified atom stereocenters. The summed E-state index contributed by atoms with van der Waals surface area (Å²) < 4.78 is 5.08. The molecule has 1 aromatic carbocycles. The first-order valence-corrected chi connectivity index (χ1v) is 4.77. The lowest BCUT2D eigenvalue weighted by Gasteiger charge is -2.06. The fraction of sp³-hybridized carbons (Fsp3) is 0.300. The second-order valence-electron chi connectivity index (χ2n) is 3.29. The monoisotopic (exact) mass is 211 g/mol. The van der Waals surface area contributed by atoms with E-state index in [0.717, 1.165) is 18.7 Å². The molecule has 0 aromatic heterocycles. The summed E-state index contributed by atoms with van der Waals surface area (Å²) in [4.78, 5) is 12.9. The smallest absolute Gasteiger partial charge is 0.409 e. The van der Waals surface area contributed by atoms with Crippen LogP contribution >= 0.6 is 11.6 Å². The molecule has 1 amide bonds. The van der Waals surface area contributed by atoms with E-state index in [4.69, 9.17) is 16.3 Å². The van der Waals surface area contributed by atoms with Gasteiger partial charge in [0, 0.05) is 13.1 Å². The van der Waals surface area contributed by atoms with Gasteiger partial charge in [0.1, 0.15) is 0 Å². The van der Waals surface area contributed by atoms with Gasteiger partial charge in [0.15, 0.2) is 5.75 Å². The van der Waals surface area contributed by atoms with E-state index in [-0.39, 0.29) is 6.09 Å². The number of halogens is 1. The lowest BCUT2D eigenvalue weighted by molar-refractivity contribution is 0.186. The Morgan fingerprint density at radius 2 is 2.21 bits per heavy atom. The molecule has 0 spiro atoms. The molecule has 74 valence electrons. The molecule has 1 heterocycles. The van der Waals surface area contributed by atoms with Crippen LogP contribution in [0.1, 0.15) is 5.56 Å². The second-order valence-corrected chi connectivity index (χ2v) is 3.70. The van der Waals surface area contributed by atoms with Crippen LogP contribution in [0.25, 0.3) is 0 Å². The summed E-state index contributed by atoms with van der Waals surface area (Å²) in [6, 6.07) is 5.34. The van der Waals surface area contributed by atoms with Crippen molar-refractivity contribution in [3.8, 4) is 5.75 Å². The Morgan fingerprint density at radius 3 is 2.79 bits per heavy atom. The zero-order valence-corrected chi connectivity index (χ0v) is 8.54. The molecular weight excluding hydrogens is 202 g/mol. The molecule has 1 fully saturated rings. The molecule has 1 aromatic rings. The lowest BCUT2D eigenvalue weighted by atomic mass is 10.2. The molecule has 0 atom stereocenters. The molecule has 0 N–H and O–H groups in total. The minimum atomic E-state index is -0.323. The van der Waals surface area contributed by atoms with E-state index >= 15 is 0 Å². The van der Waals surface area contributed by atoms with Crippen molar-refractivity contribution in [2.24, 2.45) is 0 Å². The summed E-state index contributed by atoms with van der Waals surface area (Å²) in [5.41, 5.74) is 1.04. The van der Waals surface area contributed by atoms with Crippen molar-refractivity contribution in [2.75, 3.05) is 13.1 Å². The summed E-state index contributed by atoms with van der Waals surface area (Å²) in [6.45, 7) is 3.49. The van der Waals surface area contributed by atoms with Crippen molar-refractivity contribution in [3.63, 3.8) is 0 Å². The maximum Gasteiger partial charge on any atom is 0.415 e. The van der Waals surface area contributed by atoms with Crippen LogP contribution in [0.15, 0.2) is 18.2 Å². The Balaban J connectivity index is 2.11. The number of ether oxygens (including phenoxy) is 1. The quantitative estimate of drug-likeness (QED) is 0.668. The summed E-state index contributed by atoms with van der Waals surface area (Å²) in [6.07, 6.45) is -0.323.